The summed E-state index contributed by atoms with van der Waals surface area (Å²) in [5, 5.41) is 18.8. The maximum Gasteiger partial charge on any atom is 0.434 e. The molecular weight excluding hydrogens is 494 g/mol. The van der Waals surface area contributed by atoms with Gasteiger partial charge in [-0.05, 0) is 55.5 Å². The van der Waals surface area contributed by atoms with E-state index in [-0.39, 0.29) is 11.9 Å². The van der Waals surface area contributed by atoms with Crippen LogP contribution in [-0.4, -0.2) is 34.9 Å². The molecule has 0 amide bonds. The number of aromatic amines is 2. The van der Waals surface area contributed by atoms with Crippen molar-refractivity contribution in [2.75, 3.05) is 5.32 Å². The van der Waals surface area contributed by atoms with Crippen LogP contribution < -0.4 is 16.4 Å². The molecule has 0 aliphatic carbocycles. The van der Waals surface area contributed by atoms with E-state index in [0.717, 1.165) is 46.1 Å². The summed E-state index contributed by atoms with van der Waals surface area (Å²) in [4.78, 5) is 25.0. The highest BCUT2D eigenvalue weighted by molar-refractivity contribution is 5.65. The molecule has 2 aliphatic rings. The number of hydrogen-bond acceptors (Lipinski definition) is 8. The third kappa shape index (κ3) is 3.81. The van der Waals surface area contributed by atoms with E-state index in [4.69, 9.17) is 9.40 Å². The smallest absolute Gasteiger partial charge is 0.390 e. The van der Waals surface area contributed by atoms with Gasteiger partial charge in [-0.1, -0.05) is 24.3 Å². The quantitative estimate of drug-likeness (QED) is 0.275. The van der Waals surface area contributed by atoms with Crippen molar-refractivity contribution in [3.05, 3.63) is 111 Å². The first-order valence-electron chi connectivity index (χ1n) is 13.0. The first-order valence-corrected chi connectivity index (χ1v) is 13.0. The Morgan fingerprint density at radius 2 is 2.03 bits per heavy atom. The molecule has 7 rings (SSSR count). The maximum absolute atomic E-state index is 12.3. The second-order valence-corrected chi connectivity index (χ2v) is 9.99. The monoisotopic (exact) mass is 521 g/mol. The molecule has 0 saturated carbocycles. The molecule has 0 radical (unpaired) electrons. The van der Waals surface area contributed by atoms with Crippen molar-refractivity contribution in [1.29, 1.82) is 0 Å². The van der Waals surface area contributed by atoms with E-state index in [9.17, 15) is 4.79 Å². The number of aryl methyl sites for hydroxylation is 2. The van der Waals surface area contributed by atoms with Crippen molar-refractivity contribution >= 4 is 5.69 Å². The van der Waals surface area contributed by atoms with Gasteiger partial charge in [0.25, 0.3) is 0 Å². The van der Waals surface area contributed by atoms with Crippen molar-refractivity contribution in [2.24, 2.45) is 0 Å². The van der Waals surface area contributed by atoms with E-state index in [1.54, 1.807) is 12.4 Å². The summed E-state index contributed by atoms with van der Waals surface area (Å²) in [5.74, 6) is 0.336. The molecule has 1 aromatic carbocycles. The summed E-state index contributed by atoms with van der Waals surface area (Å²) >= 11 is 0. The Labute approximate surface area is 223 Å². The van der Waals surface area contributed by atoms with E-state index >= 15 is 0 Å². The molecule has 4 aromatic heterocycles. The standard InChI is InChI=1S/C28H27N9O2/c1-3-37-15-19(13-31-37)28(26-35-36-27(38)39-26)24-18(10-17-6-4-5-7-20(17)32-24)11-22(34-28)25-30-14-23(33-25)21-9-8-16(2)12-29-21/h4-9,12-15,22,32,34H,3,10-11H2,1-2H3,(H,30,33)(H,36,38)/t22-,28?/m1/s1. The van der Waals surface area contributed by atoms with Gasteiger partial charge >= 0.3 is 5.76 Å². The Morgan fingerprint density at radius 3 is 2.79 bits per heavy atom. The zero-order valence-electron chi connectivity index (χ0n) is 21.5. The van der Waals surface area contributed by atoms with Crippen molar-refractivity contribution in [2.45, 2.75) is 44.8 Å². The van der Waals surface area contributed by atoms with E-state index in [0.29, 0.717) is 13.0 Å². The number of para-hydroxylation sites is 1. The van der Waals surface area contributed by atoms with Gasteiger partial charge in [0, 0.05) is 35.9 Å². The number of fused-ring (bicyclic) bond motifs is 1. The number of nitrogens with one attached hydrogen (secondary N) is 4. The summed E-state index contributed by atoms with van der Waals surface area (Å²) in [6, 6.07) is 12.0. The number of pyridine rings is 1. The van der Waals surface area contributed by atoms with Gasteiger partial charge in [0.05, 0.1) is 29.8 Å². The number of imidazole rings is 1. The first-order chi connectivity index (χ1) is 19.0. The van der Waals surface area contributed by atoms with E-state index in [1.807, 2.05) is 55.2 Å². The molecule has 11 heteroatoms. The zero-order chi connectivity index (χ0) is 26.6. The Kier molecular flexibility index (Phi) is 5.34. The highest BCUT2D eigenvalue weighted by Gasteiger charge is 2.51. The van der Waals surface area contributed by atoms with Crippen molar-refractivity contribution in [3.8, 4) is 11.4 Å². The lowest BCUT2D eigenvalue weighted by atomic mass is 9.76. The van der Waals surface area contributed by atoms with Crippen LogP contribution in [0.1, 0.15) is 47.8 Å². The molecule has 39 heavy (non-hydrogen) atoms. The van der Waals surface area contributed by atoms with Crippen LogP contribution in [0.3, 0.4) is 0 Å². The topological polar surface area (TPSA) is 142 Å². The Hall–Kier alpha value is -4.77. The highest BCUT2D eigenvalue weighted by Crippen LogP contribution is 2.48. The molecule has 2 aliphatic heterocycles. The molecule has 0 fully saturated rings. The molecule has 11 nitrogen and oxygen atoms in total. The second-order valence-electron chi connectivity index (χ2n) is 9.99. The number of anilines is 1. The number of nitrogens with zero attached hydrogens (tertiary/aromatic N) is 5. The molecule has 2 atom stereocenters. The molecule has 196 valence electrons. The molecular formula is C28H27N9O2. The predicted molar refractivity (Wildman–Crippen MR) is 144 cm³/mol. The van der Waals surface area contributed by atoms with Crippen LogP contribution in [-0.2, 0) is 18.5 Å². The SMILES string of the molecule is CCn1cc(C2(c3n[nH]c(=O)o3)N[C@@H](c3ncc(-c4ccc(C)cn4)[nH]3)CC3=C2Nc2ccccc2C3)cn1. The predicted octanol–water partition coefficient (Wildman–Crippen LogP) is 3.57. The fourth-order valence-corrected chi connectivity index (χ4v) is 5.58. The lowest BCUT2D eigenvalue weighted by Crippen LogP contribution is -2.53. The van der Waals surface area contributed by atoms with E-state index < -0.39 is 11.3 Å². The zero-order valence-corrected chi connectivity index (χ0v) is 21.5. The van der Waals surface area contributed by atoms with Crippen molar-refractivity contribution in [1.82, 2.24) is 40.2 Å². The highest BCUT2D eigenvalue weighted by atomic mass is 16.4. The van der Waals surface area contributed by atoms with Gasteiger partial charge in [0.2, 0.25) is 5.89 Å². The lowest BCUT2D eigenvalue weighted by molar-refractivity contribution is 0.282. The Balaban J connectivity index is 1.40. The van der Waals surface area contributed by atoms with Crippen LogP contribution in [0.4, 0.5) is 5.69 Å². The number of H-pyrrole nitrogens is 2. The van der Waals surface area contributed by atoms with Crippen LogP contribution in [0.15, 0.2) is 81.7 Å². The minimum Gasteiger partial charge on any atom is -0.390 e. The maximum atomic E-state index is 12.3. The fourth-order valence-electron chi connectivity index (χ4n) is 5.58. The van der Waals surface area contributed by atoms with Crippen molar-refractivity contribution in [3.63, 3.8) is 0 Å². The minimum absolute atomic E-state index is 0.208. The molecule has 0 saturated heterocycles. The van der Waals surface area contributed by atoms with Crippen LogP contribution in [0.2, 0.25) is 0 Å². The molecule has 6 heterocycles. The van der Waals surface area contributed by atoms with Gasteiger partial charge in [-0.2, -0.15) is 5.10 Å². The van der Waals surface area contributed by atoms with E-state index in [2.05, 4.69) is 48.0 Å². The molecule has 4 N–H and O–H groups in total. The van der Waals surface area contributed by atoms with Crippen LogP contribution in [0.5, 0.6) is 0 Å². The number of hydrogen-bond donors (Lipinski definition) is 4. The number of aromatic nitrogens is 7. The first kappa shape index (κ1) is 23.4. The summed E-state index contributed by atoms with van der Waals surface area (Å²) < 4.78 is 7.54. The number of benzene rings is 1. The molecule has 1 unspecified atom stereocenters. The third-order valence-corrected chi connectivity index (χ3v) is 7.51. The largest absolute Gasteiger partial charge is 0.434 e. The average molecular weight is 522 g/mol. The molecule has 0 spiro atoms. The summed E-state index contributed by atoms with van der Waals surface area (Å²) in [6.45, 7) is 4.73. The third-order valence-electron chi connectivity index (χ3n) is 7.51. The Morgan fingerprint density at radius 1 is 1.13 bits per heavy atom. The Bertz CT molecular complexity index is 1760. The minimum atomic E-state index is -1.12. The molecule has 5 aromatic rings. The van der Waals surface area contributed by atoms with Gasteiger partial charge in [-0.3, -0.25) is 15.0 Å². The summed E-state index contributed by atoms with van der Waals surface area (Å²) in [7, 11) is 0. The van der Waals surface area contributed by atoms with Gasteiger partial charge in [0.15, 0.2) is 5.54 Å². The molecule has 0 bridgehead atoms. The van der Waals surface area contributed by atoms with Crippen LogP contribution >= 0.6 is 0 Å². The van der Waals surface area contributed by atoms with Gasteiger partial charge in [-0.15, -0.1) is 5.10 Å². The van der Waals surface area contributed by atoms with E-state index in [1.165, 1.54) is 11.1 Å². The van der Waals surface area contributed by atoms with Crippen LogP contribution in [0, 0.1) is 6.92 Å². The van der Waals surface area contributed by atoms with Gasteiger partial charge < -0.3 is 14.7 Å². The fraction of sp³-hybridized carbons (Fsp3) is 0.250. The summed E-state index contributed by atoms with van der Waals surface area (Å²) in [6.07, 6.45) is 8.82. The van der Waals surface area contributed by atoms with Crippen molar-refractivity contribution < 1.29 is 4.42 Å². The lowest BCUT2D eigenvalue weighted by Gasteiger charge is -2.44. The van der Waals surface area contributed by atoms with Gasteiger partial charge in [-0.25, -0.2) is 14.9 Å². The van der Waals surface area contributed by atoms with Gasteiger partial charge in [0.1, 0.15) is 5.82 Å². The normalized spacial score (nSPS) is 20.4. The number of rotatable bonds is 5. The van der Waals surface area contributed by atoms with Crippen LogP contribution in [0.25, 0.3) is 11.4 Å². The summed E-state index contributed by atoms with van der Waals surface area (Å²) in [5.41, 5.74) is 6.67. The second kappa shape index (κ2) is 8.91. The average Bonchev–Trinajstić information content (AvgIpc) is 3.73.